The zero-order valence-corrected chi connectivity index (χ0v) is 13.2. The van der Waals surface area contributed by atoms with Gasteiger partial charge in [-0.15, -0.1) is 0 Å². The lowest BCUT2D eigenvalue weighted by Crippen LogP contribution is -2.16. The quantitative estimate of drug-likeness (QED) is 0.804. The molecule has 1 heterocycles. The first kappa shape index (κ1) is 13.8. The second-order valence-electron chi connectivity index (χ2n) is 3.88. The number of oxazole rings is 1. The van der Waals surface area contributed by atoms with Gasteiger partial charge in [0.15, 0.2) is 11.7 Å². The fourth-order valence-electron chi connectivity index (χ4n) is 1.63. The van der Waals surface area contributed by atoms with Crippen molar-refractivity contribution in [3.8, 4) is 11.3 Å². The van der Waals surface area contributed by atoms with Crippen LogP contribution in [0.25, 0.3) is 11.3 Å². The number of aromatic nitrogens is 1. The molecule has 0 aliphatic heterocycles. The monoisotopic (exact) mass is 372 g/mol. The van der Waals surface area contributed by atoms with Crippen molar-refractivity contribution in [3.63, 3.8) is 0 Å². The van der Waals surface area contributed by atoms with Crippen molar-refractivity contribution in [2.45, 2.75) is 13.3 Å². The van der Waals surface area contributed by atoms with E-state index in [1.165, 1.54) is 0 Å². The van der Waals surface area contributed by atoms with Crippen LogP contribution in [-0.4, -0.2) is 18.1 Å². The molecule has 0 saturated heterocycles. The van der Waals surface area contributed by atoms with E-state index < -0.39 is 0 Å². The summed E-state index contributed by atoms with van der Waals surface area (Å²) in [6.07, 6.45) is 2.58. The zero-order chi connectivity index (χ0) is 13.0. The molecule has 0 aliphatic rings. The van der Waals surface area contributed by atoms with Crippen LogP contribution in [0.5, 0.6) is 0 Å². The molecule has 3 nitrogen and oxygen atoms in total. The van der Waals surface area contributed by atoms with Crippen molar-refractivity contribution in [3.05, 3.63) is 39.2 Å². The number of hydrogen-bond donors (Lipinski definition) is 1. The van der Waals surface area contributed by atoms with Gasteiger partial charge in [-0.2, -0.15) is 0 Å². The Bertz CT molecular complexity index is 505. The fourth-order valence-corrected chi connectivity index (χ4v) is 2.92. The van der Waals surface area contributed by atoms with Crippen LogP contribution in [0.15, 0.2) is 37.8 Å². The Morgan fingerprint density at radius 2 is 1.94 bits per heavy atom. The summed E-state index contributed by atoms with van der Waals surface area (Å²) in [5.41, 5.74) is 1.01. The highest BCUT2D eigenvalue weighted by molar-refractivity contribution is 9.11. The average Bonchev–Trinajstić information content (AvgIpc) is 2.77. The summed E-state index contributed by atoms with van der Waals surface area (Å²) < 4.78 is 7.76. The molecule has 1 aromatic carbocycles. The third kappa shape index (κ3) is 3.67. The van der Waals surface area contributed by atoms with Gasteiger partial charge in [-0.3, -0.25) is 0 Å². The van der Waals surface area contributed by atoms with Crippen molar-refractivity contribution < 1.29 is 4.42 Å². The van der Waals surface area contributed by atoms with Crippen molar-refractivity contribution in [2.24, 2.45) is 0 Å². The molecule has 0 fully saturated rings. The molecule has 18 heavy (non-hydrogen) atoms. The Morgan fingerprint density at radius 3 is 2.61 bits per heavy atom. The SMILES string of the molecule is CCNCCc1ncc(-c2cc(Br)cc(Br)c2)o1. The van der Waals surface area contributed by atoms with Gasteiger partial charge < -0.3 is 9.73 Å². The van der Waals surface area contributed by atoms with E-state index >= 15 is 0 Å². The van der Waals surface area contributed by atoms with Gasteiger partial charge in [0.1, 0.15) is 0 Å². The number of likely N-dealkylation sites (N-methyl/N-ethyl adjacent to an activating group) is 1. The summed E-state index contributed by atoms with van der Waals surface area (Å²) in [6.45, 7) is 3.94. The van der Waals surface area contributed by atoms with E-state index in [1.54, 1.807) is 6.20 Å². The lowest BCUT2D eigenvalue weighted by molar-refractivity contribution is 0.497. The van der Waals surface area contributed by atoms with E-state index in [2.05, 4.69) is 49.1 Å². The Morgan fingerprint density at radius 1 is 1.22 bits per heavy atom. The molecule has 0 radical (unpaired) electrons. The first-order valence-corrected chi connectivity index (χ1v) is 7.39. The fraction of sp³-hybridized carbons (Fsp3) is 0.308. The van der Waals surface area contributed by atoms with Crippen LogP contribution in [-0.2, 0) is 6.42 Å². The normalized spacial score (nSPS) is 10.8. The number of rotatable bonds is 5. The largest absolute Gasteiger partial charge is 0.441 e. The molecule has 2 rings (SSSR count). The van der Waals surface area contributed by atoms with E-state index in [4.69, 9.17) is 4.42 Å². The Labute approximate surface area is 123 Å². The number of hydrogen-bond acceptors (Lipinski definition) is 3. The van der Waals surface area contributed by atoms with Crippen LogP contribution in [0.2, 0.25) is 0 Å². The van der Waals surface area contributed by atoms with Crippen molar-refractivity contribution in [1.29, 1.82) is 0 Å². The highest BCUT2D eigenvalue weighted by Crippen LogP contribution is 2.28. The maximum Gasteiger partial charge on any atom is 0.196 e. The van der Waals surface area contributed by atoms with Gasteiger partial charge in [-0.1, -0.05) is 38.8 Å². The Kier molecular flexibility index (Phi) is 4.97. The third-order valence-electron chi connectivity index (χ3n) is 2.47. The minimum atomic E-state index is 0.766. The van der Waals surface area contributed by atoms with Crippen LogP contribution in [0.3, 0.4) is 0 Å². The smallest absolute Gasteiger partial charge is 0.196 e. The molecule has 5 heteroatoms. The van der Waals surface area contributed by atoms with Crippen LogP contribution in [0, 0.1) is 0 Å². The van der Waals surface area contributed by atoms with E-state index in [0.717, 1.165) is 45.7 Å². The average molecular weight is 374 g/mol. The topological polar surface area (TPSA) is 38.1 Å². The predicted octanol–water partition coefficient (Wildman–Crippen LogP) is 4.02. The molecule has 96 valence electrons. The number of nitrogens with one attached hydrogen (secondary N) is 1. The first-order chi connectivity index (χ1) is 8.69. The van der Waals surface area contributed by atoms with Gasteiger partial charge in [0.25, 0.3) is 0 Å². The lowest BCUT2D eigenvalue weighted by Gasteiger charge is -2.00. The van der Waals surface area contributed by atoms with Gasteiger partial charge in [0.2, 0.25) is 0 Å². The van der Waals surface area contributed by atoms with E-state index in [-0.39, 0.29) is 0 Å². The molecule has 0 bridgehead atoms. The summed E-state index contributed by atoms with van der Waals surface area (Å²) >= 11 is 6.93. The Hall–Kier alpha value is -0.650. The molecule has 0 aliphatic carbocycles. The molecule has 0 atom stereocenters. The maximum absolute atomic E-state index is 5.73. The summed E-state index contributed by atoms with van der Waals surface area (Å²) in [4.78, 5) is 4.29. The molecular weight excluding hydrogens is 360 g/mol. The van der Waals surface area contributed by atoms with Crippen molar-refractivity contribution in [1.82, 2.24) is 10.3 Å². The highest BCUT2D eigenvalue weighted by atomic mass is 79.9. The number of halogens is 2. The summed E-state index contributed by atoms with van der Waals surface area (Å²) in [7, 11) is 0. The van der Waals surface area contributed by atoms with Gasteiger partial charge in [0, 0.05) is 27.5 Å². The van der Waals surface area contributed by atoms with Crippen molar-refractivity contribution in [2.75, 3.05) is 13.1 Å². The standard InChI is InChI=1S/C13H14Br2N2O/c1-2-16-4-3-13-17-8-12(18-13)9-5-10(14)7-11(15)6-9/h5-8,16H,2-4H2,1H3. The van der Waals surface area contributed by atoms with E-state index in [9.17, 15) is 0 Å². The Balaban J connectivity index is 2.13. The maximum atomic E-state index is 5.73. The zero-order valence-electron chi connectivity index (χ0n) is 10.0. The number of nitrogens with zero attached hydrogens (tertiary/aromatic N) is 1. The molecule has 1 N–H and O–H groups in total. The second kappa shape index (κ2) is 6.50. The van der Waals surface area contributed by atoms with E-state index in [0.29, 0.717) is 0 Å². The van der Waals surface area contributed by atoms with E-state index in [1.807, 2.05) is 18.2 Å². The first-order valence-electron chi connectivity index (χ1n) is 5.81. The van der Waals surface area contributed by atoms with Crippen LogP contribution < -0.4 is 5.32 Å². The minimum Gasteiger partial charge on any atom is -0.441 e. The molecular formula is C13H14Br2N2O. The van der Waals surface area contributed by atoms with Gasteiger partial charge in [-0.05, 0) is 24.7 Å². The molecule has 1 aromatic heterocycles. The number of benzene rings is 1. The molecule has 0 amide bonds. The van der Waals surface area contributed by atoms with Gasteiger partial charge in [-0.25, -0.2) is 4.98 Å². The minimum absolute atomic E-state index is 0.766. The highest BCUT2D eigenvalue weighted by Gasteiger charge is 2.07. The van der Waals surface area contributed by atoms with Crippen LogP contribution in [0.1, 0.15) is 12.8 Å². The van der Waals surface area contributed by atoms with Gasteiger partial charge in [0.05, 0.1) is 6.20 Å². The summed E-state index contributed by atoms with van der Waals surface area (Å²) in [5, 5.41) is 3.25. The lowest BCUT2D eigenvalue weighted by atomic mass is 10.2. The molecule has 2 aromatic rings. The second-order valence-corrected chi connectivity index (χ2v) is 5.71. The summed E-state index contributed by atoms with van der Waals surface area (Å²) in [6, 6.07) is 6.02. The van der Waals surface area contributed by atoms with Crippen LogP contribution in [0.4, 0.5) is 0 Å². The van der Waals surface area contributed by atoms with Gasteiger partial charge >= 0.3 is 0 Å². The third-order valence-corrected chi connectivity index (χ3v) is 3.38. The van der Waals surface area contributed by atoms with Crippen LogP contribution >= 0.6 is 31.9 Å². The molecule has 0 spiro atoms. The van der Waals surface area contributed by atoms with Crippen molar-refractivity contribution >= 4 is 31.9 Å². The molecule has 0 unspecified atom stereocenters. The predicted molar refractivity (Wildman–Crippen MR) is 79.6 cm³/mol. The molecule has 0 saturated carbocycles. The summed E-state index contributed by atoms with van der Waals surface area (Å²) in [5.74, 6) is 1.56.